The van der Waals surface area contributed by atoms with Gasteiger partial charge in [0.1, 0.15) is 0 Å². The molecular formula is C14H18. The molecule has 0 unspecified atom stereocenters. The summed E-state index contributed by atoms with van der Waals surface area (Å²) < 4.78 is 0. The lowest BCUT2D eigenvalue weighted by Crippen LogP contribution is -2.15. The molecule has 74 valence electrons. The van der Waals surface area contributed by atoms with E-state index in [0.29, 0.717) is 0 Å². The highest BCUT2D eigenvalue weighted by molar-refractivity contribution is 5.78. The third kappa shape index (κ3) is 1.06. The minimum atomic E-state index is 0.229. The summed E-state index contributed by atoms with van der Waals surface area (Å²) in [5.41, 5.74) is 7.50. The summed E-state index contributed by atoms with van der Waals surface area (Å²) >= 11 is 0. The minimum Gasteiger partial charge on any atom is -0.0597 e. The van der Waals surface area contributed by atoms with E-state index in [9.17, 15) is 0 Å². The molecule has 0 nitrogen and oxygen atoms in total. The van der Waals surface area contributed by atoms with Gasteiger partial charge in [-0.1, -0.05) is 43.2 Å². The third-order valence-corrected chi connectivity index (χ3v) is 3.75. The molecule has 0 aromatic heterocycles. The first kappa shape index (κ1) is 9.51. The van der Waals surface area contributed by atoms with Crippen LogP contribution in [-0.2, 0) is 5.41 Å². The van der Waals surface area contributed by atoms with E-state index in [1.165, 1.54) is 27.8 Å². The topological polar surface area (TPSA) is 0 Å². The Morgan fingerprint density at radius 3 is 2.29 bits per heavy atom. The van der Waals surface area contributed by atoms with Crippen LogP contribution in [0.25, 0.3) is 5.57 Å². The van der Waals surface area contributed by atoms with Crippen molar-refractivity contribution in [3.63, 3.8) is 0 Å². The van der Waals surface area contributed by atoms with Crippen molar-refractivity contribution < 1.29 is 0 Å². The van der Waals surface area contributed by atoms with E-state index in [0.717, 1.165) is 0 Å². The third-order valence-electron chi connectivity index (χ3n) is 3.75. The largest absolute Gasteiger partial charge is 0.0597 e. The van der Waals surface area contributed by atoms with E-state index in [-0.39, 0.29) is 5.41 Å². The number of hydrogen-bond acceptors (Lipinski definition) is 0. The molecular weight excluding hydrogens is 168 g/mol. The van der Waals surface area contributed by atoms with Gasteiger partial charge in [0, 0.05) is 5.41 Å². The minimum absolute atomic E-state index is 0.229. The van der Waals surface area contributed by atoms with Gasteiger partial charge in [0.2, 0.25) is 0 Å². The number of allylic oxidation sites excluding steroid dienone is 2. The van der Waals surface area contributed by atoms with E-state index >= 15 is 0 Å². The van der Waals surface area contributed by atoms with Crippen LogP contribution in [0.2, 0.25) is 0 Å². The first-order valence-electron chi connectivity index (χ1n) is 5.24. The fourth-order valence-corrected chi connectivity index (χ4v) is 2.39. The van der Waals surface area contributed by atoms with Crippen LogP contribution in [0.15, 0.2) is 23.8 Å². The molecule has 1 aromatic carbocycles. The Hall–Kier alpha value is -1.04. The fraction of sp³-hybridized carbons (Fsp3) is 0.429. The van der Waals surface area contributed by atoms with Crippen molar-refractivity contribution in [2.45, 2.75) is 40.0 Å². The van der Waals surface area contributed by atoms with Gasteiger partial charge in [-0.15, -0.1) is 0 Å². The van der Waals surface area contributed by atoms with E-state index in [1.54, 1.807) is 0 Å². The van der Waals surface area contributed by atoms with Crippen LogP contribution >= 0.6 is 0 Å². The molecule has 0 N–H and O–H groups in total. The second-order valence-electron chi connectivity index (χ2n) is 4.92. The zero-order valence-electron chi connectivity index (χ0n) is 9.73. The lowest BCUT2D eigenvalue weighted by atomic mass is 9.82. The second-order valence-corrected chi connectivity index (χ2v) is 4.92. The molecule has 0 bridgehead atoms. The monoisotopic (exact) mass is 186 g/mol. The van der Waals surface area contributed by atoms with Crippen molar-refractivity contribution in [2.24, 2.45) is 0 Å². The van der Waals surface area contributed by atoms with Gasteiger partial charge in [0.25, 0.3) is 0 Å². The Balaban J connectivity index is 2.73. The Bertz CT molecular complexity index is 420. The molecule has 0 amide bonds. The number of rotatable bonds is 0. The molecule has 0 radical (unpaired) electrons. The molecule has 0 saturated carbocycles. The Morgan fingerprint density at radius 1 is 1.00 bits per heavy atom. The number of fused-ring (bicyclic) bond motifs is 1. The first-order valence-corrected chi connectivity index (χ1v) is 5.24. The molecule has 1 aliphatic rings. The number of aryl methyl sites for hydroxylation is 1. The van der Waals surface area contributed by atoms with Gasteiger partial charge in [-0.25, -0.2) is 0 Å². The van der Waals surface area contributed by atoms with Crippen molar-refractivity contribution in [1.82, 2.24) is 0 Å². The van der Waals surface area contributed by atoms with E-state index in [1.807, 2.05) is 0 Å². The summed E-state index contributed by atoms with van der Waals surface area (Å²) in [7, 11) is 0. The molecule has 0 spiro atoms. The Labute approximate surface area is 86.7 Å². The van der Waals surface area contributed by atoms with E-state index in [4.69, 9.17) is 0 Å². The van der Waals surface area contributed by atoms with Crippen molar-refractivity contribution in [3.05, 3.63) is 40.5 Å². The van der Waals surface area contributed by atoms with Crippen LogP contribution in [0.1, 0.15) is 44.4 Å². The quantitative estimate of drug-likeness (QED) is 0.572. The zero-order chi connectivity index (χ0) is 10.5. The second kappa shape index (κ2) is 2.73. The van der Waals surface area contributed by atoms with Crippen LogP contribution in [0.5, 0.6) is 0 Å². The van der Waals surface area contributed by atoms with Crippen molar-refractivity contribution in [2.75, 3.05) is 0 Å². The van der Waals surface area contributed by atoms with E-state index < -0.39 is 0 Å². The molecule has 1 aromatic rings. The summed E-state index contributed by atoms with van der Waals surface area (Å²) in [4.78, 5) is 0. The maximum Gasteiger partial charge on any atom is 0.0114 e. The molecule has 2 rings (SSSR count). The summed E-state index contributed by atoms with van der Waals surface area (Å²) in [5.74, 6) is 0. The number of hydrogen-bond donors (Lipinski definition) is 0. The SMILES string of the molecule is CC1=C(C)C(C)(C)c2ccc(C)cc21. The van der Waals surface area contributed by atoms with Gasteiger partial charge in [0.05, 0.1) is 0 Å². The predicted octanol–water partition coefficient (Wildman–Crippen LogP) is 4.08. The molecule has 0 atom stereocenters. The molecule has 1 aliphatic carbocycles. The van der Waals surface area contributed by atoms with Crippen molar-refractivity contribution in [3.8, 4) is 0 Å². The van der Waals surface area contributed by atoms with Gasteiger partial charge in [-0.05, 0) is 37.5 Å². The summed E-state index contributed by atoms with van der Waals surface area (Å²) in [6.45, 7) is 11.3. The van der Waals surface area contributed by atoms with Crippen LogP contribution in [0.3, 0.4) is 0 Å². The predicted molar refractivity (Wildman–Crippen MR) is 62.5 cm³/mol. The molecule has 0 aliphatic heterocycles. The molecule has 0 heteroatoms. The summed E-state index contributed by atoms with van der Waals surface area (Å²) in [5, 5.41) is 0. The summed E-state index contributed by atoms with van der Waals surface area (Å²) in [6.07, 6.45) is 0. The first-order chi connectivity index (χ1) is 6.44. The normalized spacial score (nSPS) is 18.6. The average molecular weight is 186 g/mol. The maximum atomic E-state index is 2.31. The molecule has 0 saturated heterocycles. The lowest BCUT2D eigenvalue weighted by Gasteiger charge is -2.22. The van der Waals surface area contributed by atoms with Gasteiger partial charge >= 0.3 is 0 Å². The smallest absolute Gasteiger partial charge is 0.0114 e. The van der Waals surface area contributed by atoms with Gasteiger partial charge in [-0.3, -0.25) is 0 Å². The lowest BCUT2D eigenvalue weighted by molar-refractivity contribution is 0.638. The Kier molecular flexibility index (Phi) is 1.85. The van der Waals surface area contributed by atoms with Crippen molar-refractivity contribution >= 4 is 5.57 Å². The number of benzene rings is 1. The standard InChI is InChI=1S/C14H18/c1-9-6-7-13-12(8-9)10(2)11(3)14(13,4)5/h6-8H,1-5H3. The maximum absolute atomic E-state index is 2.31. The van der Waals surface area contributed by atoms with Crippen LogP contribution in [0.4, 0.5) is 0 Å². The molecule has 0 fully saturated rings. The highest BCUT2D eigenvalue weighted by Gasteiger charge is 2.32. The fourth-order valence-electron chi connectivity index (χ4n) is 2.39. The van der Waals surface area contributed by atoms with Gasteiger partial charge in [0.15, 0.2) is 0 Å². The highest BCUT2D eigenvalue weighted by Crippen LogP contribution is 2.45. The molecule has 0 heterocycles. The zero-order valence-corrected chi connectivity index (χ0v) is 9.73. The summed E-state index contributed by atoms with van der Waals surface area (Å²) in [6, 6.07) is 6.81. The van der Waals surface area contributed by atoms with Crippen molar-refractivity contribution in [1.29, 1.82) is 0 Å². The van der Waals surface area contributed by atoms with Gasteiger partial charge < -0.3 is 0 Å². The molecule has 14 heavy (non-hydrogen) atoms. The van der Waals surface area contributed by atoms with E-state index in [2.05, 4.69) is 52.8 Å². The van der Waals surface area contributed by atoms with Crippen LogP contribution in [-0.4, -0.2) is 0 Å². The van der Waals surface area contributed by atoms with Gasteiger partial charge in [-0.2, -0.15) is 0 Å². The van der Waals surface area contributed by atoms with Crippen LogP contribution < -0.4 is 0 Å². The Morgan fingerprint density at radius 2 is 1.64 bits per heavy atom. The van der Waals surface area contributed by atoms with Crippen LogP contribution in [0, 0.1) is 6.92 Å². The average Bonchev–Trinajstić information content (AvgIpc) is 2.28. The highest BCUT2D eigenvalue weighted by atomic mass is 14.4.